The lowest BCUT2D eigenvalue weighted by atomic mass is 10.1. The number of carbonyl (C=O) groups is 1. The molecular weight excluding hydrogens is 412 g/mol. The van der Waals surface area contributed by atoms with E-state index in [0.29, 0.717) is 18.1 Å². The van der Waals surface area contributed by atoms with Gasteiger partial charge in [0.1, 0.15) is 0 Å². The van der Waals surface area contributed by atoms with Gasteiger partial charge in [0.25, 0.3) is 5.91 Å². The summed E-state index contributed by atoms with van der Waals surface area (Å²) in [6, 6.07) is 13.6. The van der Waals surface area contributed by atoms with Crippen LogP contribution >= 0.6 is 0 Å². The lowest BCUT2D eigenvalue weighted by Crippen LogP contribution is -2.36. The molecule has 0 aliphatic rings. The first kappa shape index (κ1) is 24.0. The van der Waals surface area contributed by atoms with E-state index in [4.69, 9.17) is 4.99 Å². The second kappa shape index (κ2) is 10.8. The maximum atomic E-state index is 13.1. The van der Waals surface area contributed by atoms with Crippen molar-refractivity contribution in [1.82, 2.24) is 15.1 Å². The number of rotatable bonds is 7. The Balaban J connectivity index is 1.88. The highest BCUT2D eigenvalue weighted by Gasteiger charge is 2.13. The molecule has 3 rings (SSSR count). The first-order valence-corrected chi connectivity index (χ1v) is 11.3. The fourth-order valence-electron chi connectivity index (χ4n) is 3.45. The Kier molecular flexibility index (Phi) is 7.87. The van der Waals surface area contributed by atoms with Crippen molar-refractivity contribution >= 4 is 23.2 Å². The van der Waals surface area contributed by atoms with Crippen LogP contribution in [0.5, 0.6) is 0 Å². The van der Waals surface area contributed by atoms with Gasteiger partial charge in [-0.2, -0.15) is 5.10 Å². The third kappa shape index (κ3) is 6.22. The molecule has 0 aliphatic carbocycles. The van der Waals surface area contributed by atoms with Gasteiger partial charge in [-0.05, 0) is 62.6 Å². The Labute approximate surface area is 196 Å². The lowest BCUT2D eigenvalue weighted by Gasteiger charge is -2.16. The summed E-state index contributed by atoms with van der Waals surface area (Å²) >= 11 is 0. The molecule has 0 aliphatic heterocycles. The molecule has 1 amide bonds. The van der Waals surface area contributed by atoms with E-state index in [1.807, 2.05) is 67.1 Å². The third-order valence-corrected chi connectivity index (χ3v) is 5.62. The summed E-state index contributed by atoms with van der Waals surface area (Å²) in [5.74, 6) is 0.195. The highest BCUT2D eigenvalue weighted by atomic mass is 16.1. The predicted octanol–water partition coefficient (Wildman–Crippen LogP) is 4.68. The van der Waals surface area contributed by atoms with Gasteiger partial charge >= 0.3 is 0 Å². The van der Waals surface area contributed by atoms with E-state index in [2.05, 4.69) is 42.6 Å². The molecule has 174 valence electrons. The van der Waals surface area contributed by atoms with Crippen LogP contribution in [-0.4, -0.2) is 35.7 Å². The highest BCUT2D eigenvalue weighted by Crippen LogP contribution is 2.18. The molecule has 1 aromatic heterocycles. The van der Waals surface area contributed by atoms with E-state index in [0.717, 1.165) is 41.2 Å². The average Bonchev–Trinajstić information content (AvgIpc) is 3.14. The number of aryl methyl sites for hydroxylation is 3. The van der Waals surface area contributed by atoms with Gasteiger partial charge in [-0.1, -0.05) is 25.1 Å². The Morgan fingerprint density at radius 1 is 1.12 bits per heavy atom. The first-order chi connectivity index (χ1) is 15.8. The molecule has 0 atom stereocenters. The van der Waals surface area contributed by atoms with Crippen LogP contribution in [0.4, 0.5) is 11.4 Å². The number of nitrogens with one attached hydrogen (secondary N) is 2. The van der Waals surface area contributed by atoms with Crippen LogP contribution in [0, 0.1) is 20.8 Å². The Bertz CT molecular complexity index is 1150. The van der Waals surface area contributed by atoms with Gasteiger partial charge in [0.05, 0.1) is 12.2 Å². The van der Waals surface area contributed by atoms with Crippen LogP contribution in [0.15, 0.2) is 53.7 Å². The fourth-order valence-corrected chi connectivity index (χ4v) is 3.45. The van der Waals surface area contributed by atoms with E-state index in [-0.39, 0.29) is 5.91 Å². The number of anilines is 2. The number of benzene rings is 2. The second-order valence-corrected chi connectivity index (χ2v) is 8.44. The number of hydrogen-bond acceptors (Lipinski definition) is 4. The minimum Gasteiger partial charge on any atom is -0.378 e. The number of nitrogens with zero attached hydrogens (tertiary/aromatic N) is 4. The molecule has 0 fully saturated rings. The maximum Gasteiger partial charge on any atom is 0.258 e. The minimum atomic E-state index is -0.214. The van der Waals surface area contributed by atoms with E-state index >= 15 is 0 Å². The molecule has 7 heteroatoms. The molecule has 0 spiro atoms. The number of aromatic nitrogens is 2. The number of aliphatic imine (C=N–C) groups is 1. The van der Waals surface area contributed by atoms with Crippen LogP contribution in [0.2, 0.25) is 0 Å². The smallest absolute Gasteiger partial charge is 0.258 e. The van der Waals surface area contributed by atoms with Crippen molar-refractivity contribution in [3.8, 4) is 0 Å². The summed E-state index contributed by atoms with van der Waals surface area (Å²) in [6.07, 6.45) is 3.05. The third-order valence-electron chi connectivity index (χ3n) is 5.62. The van der Waals surface area contributed by atoms with Crippen LogP contribution in [0.1, 0.15) is 46.1 Å². The zero-order valence-corrected chi connectivity index (χ0v) is 20.4. The quantitative estimate of drug-likeness (QED) is 0.408. The second-order valence-electron chi connectivity index (χ2n) is 8.44. The molecule has 0 saturated heterocycles. The SMILES string of the molecule is CCCn1cc(CN=C(NC(=O)c2cccc(N(C)C)c2)Nc2cccc(C)c2C)c(C)n1. The number of hydrogen-bond donors (Lipinski definition) is 2. The molecule has 0 bridgehead atoms. The van der Waals surface area contributed by atoms with Crippen molar-refractivity contribution in [2.24, 2.45) is 4.99 Å². The van der Waals surface area contributed by atoms with Gasteiger partial charge in [-0.15, -0.1) is 0 Å². The number of guanidine groups is 1. The van der Waals surface area contributed by atoms with Gasteiger partial charge in [-0.25, -0.2) is 4.99 Å². The molecule has 3 aromatic rings. The van der Waals surface area contributed by atoms with E-state index < -0.39 is 0 Å². The van der Waals surface area contributed by atoms with Gasteiger partial charge in [0.15, 0.2) is 0 Å². The van der Waals surface area contributed by atoms with E-state index in [1.165, 1.54) is 5.56 Å². The van der Waals surface area contributed by atoms with E-state index in [1.54, 1.807) is 6.07 Å². The highest BCUT2D eigenvalue weighted by molar-refractivity contribution is 6.10. The molecule has 7 nitrogen and oxygen atoms in total. The summed E-state index contributed by atoms with van der Waals surface area (Å²) in [7, 11) is 3.90. The molecule has 2 N–H and O–H groups in total. The van der Waals surface area contributed by atoms with Crippen molar-refractivity contribution in [3.63, 3.8) is 0 Å². The lowest BCUT2D eigenvalue weighted by molar-refractivity contribution is 0.0977. The summed E-state index contributed by atoms with van der Waals surface area (Å²) < 4.78 is 1.95. The topological polar surface area (TPSA) is 74.6 Å². The summed E-state index contributed by atoms with van der Waals surface area (Å²) in [5, 5.41) is 10.9. The van der Waals surface area contributed by atoms with Gasteiger partial charge in [-0.3, -0.25) is 14.8 Å². The van der Waals surface area contributed by atoms with Crippen molar-refractivity contribution in [2.75, 3.05) is 24.3 Å². The number of carbonyl (C=O) groups excluding carboxylic acids is 1. The van der Waals surface area contributed by atoms with Crippen molar-refractivity contribution in [1.29, 1.82) is 0 Å². The molecule has 2 aromatic carbocycles. The van der Waals surface area contributed by atoms with E-state index in [9.17, 15) is 4.79 Å². The van der Waals surface area contributed by atoms with Crippen molar-refractivity contribution in [3.05, 3.63) is 76.6 Å². The minimum absolute atomic E-state index is 0.214. The Hall–Kier alpha value is -3.61. The normalized spacial score (nSPS) is 11.4. The van der Waals surface area contributed by atoms with Crippen LogP contribution in [0.25, 0.3) is 0 Å². The number of amides is 1. The van der Waals surface area contributed by atoms with Crippen molar-refractivity contribution in [2.45, 2.75) is 47.2 Å². The van der Waals surface area contributed by atoms with Gasteiger partial charge in [0, 0.05) is 49.3 Å². The molecular formula is C26H34N6O. The summed E-state index contributed by atoms with van der Waals surface area (Å²) in [5.41, 5.74) is 6.71. The fraction of sp³-hybridized carbons (Fsp3) is 0.346. The largest absolute Gasteiger partial charge is 0.378 e. The zero-order valence-electron chi connectivity index (χ0n) is 20.4. The summed E-state index contributed by atoms with van der Waals surface area (Å²) in [6.45, 7) is 9.52. The van der Waals surface area contributed by atoms with Crippen LogP contribution in [0.3, 0.4) is 0 Å². The Morgan fingerprint density at radius 3 is 2.61 bits per heavy atom. The Morgan fingerprint density at radius 2 is 1.88 bits per heavy atom. The molecule has 1 heterocycles. The molecule has 0 unspecified atom stereocenters. The molecule has 33 heavy (non-hydrogen) atoms. The van der Waals surface area contributed by atoms with Crippen molar-refractivity contribution < 1.29 is 4.79 Å². The molecule has 0 saturated carbocycles. The zero-order chi connectivity index (χ0) is 24.0. The monoisotopic (exact) mass is 446 g/mol. The van der Waals surface area contributed by atoms with Crippen LogP contribution < -0.4 is 15.5 Å². The summed E-state index contributed by atoms with van der Waals surface area (Å²) in [4.78, 5) is 19.8. The molecule has 0 radical (unpaired) electrons. The maximum absolute atomic E-state index is 13.1. The van der Waals surface area contributed by atoms with Gasteiger partial charge < -0.3 is 10.2 Å². The predicted molar refractivity (Wildman–Crippen MR) is 136 cm³/mol. The first-order valence-electron chi connectivity index (χ1n) is 11.3. The standard InChI is InChI=1S/C26H34N6O/c1-7-14-32-17-22(20(4)30-32)16-27-26(28-24-13-8-10-18(2)19(24)3)29-25(33)21-11-9-12-23(15-21)31(5)6/h8-13,15,17H,7,14,16H2,1-6H3,(H2,27,28,29,33). The van der Waals surface area contributed by atoms with Crippen LogP contribution in [-0.2, 0) is 13.1 Å². The average molecular weight is 447 g/mol. The van der Waals surface area contributed by atoms with Gasteiger partial charge in [0.2, 0.25) is 5.96 Å².